The van der Waals surface area contributed by atoms with Gasteiger partial charge in [-0.25, -0.2) is 0 Å². The Bertz CT molecular complexity index is 389. The van der Waals surface area contributed by atoms with E-state index in [0.29, 0.717) is 5.41 Å². The second-order valence-corrected chi connectivity index (χ2v) is 6.27. The van der Waals surface area contributed by atoms with Crippen molar-refractivity contribution in [1.29, 1.82) is 0 Å². The molecule has 1 aromatic rings. The first-order valence-electron chi connectivity index (χ1n) is 6.78. The lowest BCUT2D eigenvalue weighted by atomic mass is 9.78. The van der Waals surface area contributed by atoms with Gasteiger partial charge in [-0.15, -0.1) is 0 Å². The molecule has 0 amide bonds. The monoisotopic (exact) mass is 266 g/mol. The van der Waals surface area contributed by atoms with Crippen molar-refractivity contribution in [3.8, 4) is 0 Å². The Hall–Kier alpha value is -0.730. The van der Waals surface area contributed by atoms with Gasteiger partial charge in [0.25, 0.3) is 0 Å². The van der Waals surface area contributed by atoms with E-state index in [0.717, 1.165) is 17.3 Å². The second-order valence-electron chi connectivity index (χ2n) is 5.83. The third kappa shape index (κ3) is 3.39. The highest BCUT2D eigenvalue weighted by atomic mass is 35.5. The molecule has 1 heterocycles. The predicted molar refractivity (Wildman–Crippen MR) is 78.8 cm³/mol. The molecular formula is C15H23ClN2. The van der Waals surface area contributed by atoms with Gasteiger partial charge in [0.2, 0.25) is 0 Å². The Labute approximate surface area is 115 Å². The molecule has 18 heavy (non-hydrogen) atoms. The highest BCUT2D eigenvalue weighted by molar-refractivity contribution is 6.30. The first-order valence-corrected chi connectivity index (χ1v) is 7.16. The minimum Gasteiger partial charge on any atom is -0.399 e. The number of nitrogens with zero attached hydrogens (tertiary/aromatic N) is 1. The van der Waals surface area contributed by atoms with Crippen LogP contribution in [0.2, 0.25) is 5.02 Å². The minimum atomic E-state index is 0.545. The SMILES string of the molecule is CCC1(C)CCN(Cc2cc(N)cc(Cl)c2)CC1. The van der Waals surface area contributed by atoms with Crippen molar-refractivity contribution in [2.45, 2.75) is 39.7 Å². The van der Waals surface area contributed by atoms with Crippen LogP contribution in [0.1, 0.15) is 38.7 Å². The number of rotatable bonds is 3. The highest BCUT2D eigenvalue weighted by Gasteiger charge is 2.28. The molecule has 2 rings (SSSR count). The van der Waals surface area contributed by atoms with E-state index in [4.69, 9.17) is 17.3 Å². The summed E-state index contributed by atoms with van der Waals surface area (Å²) in [5, 5.41) is 0.736. The molecule has 0 saturated carbocycles. The van der Waals surface area contributed by atoms with Crippen LogP contribution in [0.25, 0.3) is 0 Å². The molecule has 3 heteroatoms. The molecule has 1 aromatic carbocycles. The summed E-state index contributed by atoms with van der Waals surface area (Å²) in [7, 11) is 0. The molecular weight excluding hydrogens is 244 g/mol. The van der Waals surface area contributed by atoms with Crippen molar-refractivity contribution in [3.05, 3.63) is 28.8 Å². The Balaban J connectivity index is 1.95. The van der Waals surface area contributed by atoms with E-state index < -0.39 is 0 Å². The normalized spacial score (nSPS) is 19.9. The molecule has 100 valence electrons. The zero-order valence-corrected chi connectivity index (χ0v) is 12.1. The predicted octanol–water partition coefficient (Wildman–Crippen LogP) is 3.93. The fraction of sp³-hybridized carbons (Fsp3) is 0.600. The van der Waals surface area contributed by atoms with Crippen molar-refractivity contribution in [2.75, 3.05) is 18.8 Å². The van der Waals surface area contributed by atoms with Crippen LogP contribution in [0.5, 0.6) is 0 Å². The number of nitrogens with two attached hydrogens (primary N) is 1. The van der Waals surface area contributed by atoms with Crippen LogP contribution in [0.15, 0.2) is 18.2 Å². The average Bonchev–Trinajstić information content (AvgIpc) is 2.31. The van der Waals surface area contributed by atoms with Gasteiger partial charge in [-0.2, -0.15) is 0 Å². The van der Waals surface area contributed by atoms with Crippen molar-refractivity contribution in [1.82, 2.24) is 4.90 Å². The lowest BCUT2D eigenvalue weighted by molar-refractivity contribution is 0.109. The highest BCUT2D eigenvalue weighted by Crippen LogP contribution is 2.34. The minimum absolute atomic E-state index is 0.545. The number of hydrogen-bond donors (Lipinski definition) is 1. The number of benzene rings is 1. The second kappa shape index (κ2) is 5.50. The largest absolute Gasteiger partial charge is 0.399 e. The van der Waals surface area contributed by atoms with Gasteiger partial charge in [-0.05, 0) is 55.1 Å². The summed E-state index contributed by atoms with van der Waals surface area (Å²) in [6.45, 7) is 8.02. The van der Waals surface area contributed by atoms with Crippen molar-refractivity contribution in [2.24, 2.45) is 5.41 Å². The summed E-state index contributed by atoms with van der Waals surface area (Å²) in [4.78, 5) is 2.50. The summed E-state index contributed by atoms with van der Waals surface area (Å²) < 4.78 is 0. The van der Waals surface area contributed by atoms with E-state index in [1.165, 1.54) is 37.9 Å². The van der Waals surface area contributed by atoms with E-state index >= 15 is 0 Å². The number of anilines is 1. The third-order valence-electron chi connectivity index (χ3n) is 4.30. The molecule has 1 fully saturated rings. The summed E-state index contributed by atoms with van der Waals surface area (Å²) in [6.07, 6.45) is 3.87. The maximum atomic E-state index is 6.04. The average molecular weight is 267 g/mol. The molecule has 1 aliphatic heterocycles. The number of halogens is 1. The van der Waals surface area contributed by atoms with Crippen LogP contribution in [0, 0.1) is 5.41 Å². The van der Waals surface area contributed by atoms with Gasteiger partial charge in [0.1, 0.15) is 0 Å². The number of likely N-dealkylation sites (tertiary alicyclic amines) is 1. The van der Waals surface area contributed by atoms with Gasteiger partial charge in [0, 0.05) is 17.3 Å². The van der Waals surface area contributed by atoms with Crippen molar-refractivity contribution in [3.63, 3.8) is 0 Å². The maximum absolute atomic E-state index is 6.04. The molecule has 0 spiro atoms. The molecule has 0 atom stereocenters. The molecule has 0 aromatic heterocycles. The van der Waals surface area contributed by atoms with Gasteiger partial charge in [0.05, 0.1) is 0 Å². The quantitative estimate of drug-likeness (QED) is 0.840. The number of piperidine rings is 1. The Morgan fingerprint density at radius 2 is 1.94 bits per heavy atom. The topological polar surface area (TPSA) is 29.3 Å². The van der Waals surface area contributed by atoms with E-state index in [1.54, 1.807) is 6.07 Å². The number of hydrogen-bond acceptors (Lipinski definition) is 2. The maximum Gasteiger partial charge on any atom is 0.0429 e. The summed E-state index contributed by atoms with van der Waals surface area (Å²) in [6, 6.07) is 5.85. The van der Waals surface area contributed by atoms with E-state index in [9.17, 15) is 0 Å². The van der Waals surface area contributed by atoms with E-state index in [-0.39, 0.29) is 0 Å². The van der Waals surface area contributed by atoms with Crippen molar-refractivity contribution >= 4 is 17.3 Å². The number of nitrogen functional groups attached to an aromatic ring is 1. The molecule has 1 saturated heterocycles. The van der Waals surface area contributed by atoms with Crippen LogP contribution in [-0.4, -0.2) is 18.0 Å². The zero-order valence-electron chi connectivity index (χ0n) is 11.4. The summed E-state index contributed by atoms with van der Waals surface area (Å²) in [5.74, 6) is 0. The molecule has 1 aliphatic rings. The molecule has 0 radical (unpaired) electrons. The summed E-state index contributed by atoms with van der Waals surface area (Å²) in [5.41, 5.74) is 8.35. The van der Waals surface area contributed by atoms with Gasteiger partial charge < -0.3 is 5.73 Å². The Morgan fingerprint density at radius 1 is 1.28 bits per heavy atom. The van der Waals surface area contributed by atoms with Crippen LogP contribution in [-0.2, 0) is 6.54 Å². The molecule has 0 bridgehead atoms. The fourth-order valence-corrected chi connectivity index (χ4v) is 2.90. The molecule has 2 N–H and O–H groups in total. The van der Waals surface area contributed by atoms with E-state index in [1.807, 2.05) is 12.1 Å². The first kappa shape index (κ1) is 13.7. The third-order valence-corrected chi connectivity index (χ3v) is 4.52. The van der Waals surface area contributed by atoms with Crippen molar-refractivity contribution < 1.29 is 0 Å². The van der Waals surface area contributed by atoms with Gasteiger partial charge in [0.15, 0.2) is 0 Å². The molecule has 0 unspecified atom stereocenters. The Kier molecular flexibility index (Phi) is 4.18. The lowest BCUT2D eigenvalue weighted by Crippen LogP contribution is -2.37. The van der Waals surface area contributed by atoms with Crippen LogP contribution >= 0.6 is 11.6 Å². The van der Waals surface area contributed by atoms with Crippen LogP contribution in [0.3, 0.4) is 0 Å². The summed E-state index contributed by atoms with van der Waals surface area (Å²) >= 11 is 6.04. The standard InChI is InChI=1S/C15H23ClN2/c1-3-15(2)4-6-18(7-5-15)11-12-8-13(16)10-14(17)9-12/h8-10H,3-7,11,17H2,1-2H3. The fourth-order valence-electron chi connectivity index (χ4n) is 2.63. The first-order chi connectivity index (χ1) is 8.50. The Morgan fingerprint density at radius 3 is 2.50 bits per heavy atom. The van der Waals surface area contributed by atoms with Gasteiger partial charge in [-0.3, -0.25) is 4.90 Å². The lowest BCUT2D eigenvalue weighted by Gasteiger charge is -2.39. The van der Waals surface area contributed by atoms with Crippen LogP contribution < -0.4 is 5.73 Å². The van der Waals surface area contributed by atoms with E-state index in [2.05, 4.69) is 18.7 Å². The smallest absolute Gasteiger partial charge is 0.0429 e. The molecule has 0 aliphatic carbocycles. The zero-order chi connectivity index (χ0) is 13.2. The van der Waals surface area contributed by atoms with Gasteiger partial charge in [-0.1, -0.05) is 31.9 Å². The van der Waals surface area contributed by atoms with Gasteiger partial charge >= 0.3 is 0 Å². The molecule has 2 nitrogen and oxygen atoms in total. The van der Waals surface area contributed by atoms with Crippen LogP contribution in [0.4, 0.5) is 5.69 Å².